The molecule has 88 valence electrons. The lowest BCUT2D eigenvalue weighted by atomic mass is 10.0. The van der Waals surface area contributed by atoms with Crippen molar-refractivity contribution in [3.8, 4) is 5.75 Å². The van der Waals surface area contributed by atoms with Gasteiger partial charge in [-0.25, -0.2) is 5.21 Å². The minimum atomic E-state index is -1.46. The summed E-state index contributed by atoms with van der Waals surface area (Å²) >= 11 is 0. The maximum atomic E-state index is 11.6. The molecule has 0 fully saturated rings. The molecular weight excluding hydrogens is 206 g/mol. The topological polar surface area (TPSA) is 52.5 Å². The molecule has 0 saturated heterocycles. The van der Waals surface area contributed by atoms with Crippen molar-refractivity contribution >= 4 is 11.3 Å². The Labute approximate surface area is 95.5 Å². The van der Waals surface area contributed by atoms with E-state index in [9.17, 15) is 10.4 Å². The van der Waals surface area contributed by atoms with E-state index < -0.39 is 4.81 Å². The van der Waals surface area contributed by atoms with Gasteiger partial charge in [0.25, 0.3) is 0 Å². The van der Waals surface area contributed by atoms with Crippen LogP contribution in [0.1, 0.15) is 19.4 Å². The van der Waals surface area contributed by atoms with E-state index in [2.05, 4.69) is 0 Å². The van der Waals surface area contributed by atoms with Crippen molar-refractivity contribution in [1.29, 1.82) is 0 Å². The van der Waals surface area contributed by atoms with Gasteiger partial charge in [-0.2, -0.15) is 4.81 Å². The zero-order chi connectivity index (χ0) is 12.3. The summed E-state index contributed by atoms with van der Waals surface area (Å²) in [6.45, 7) is 3.77. The first-order valence-corrected chi connectivity index (χ1v) is 5.02. The second-order valence-corrected chi connectivity index (χ2v) is 3.73. The highest BCUT2D eigenvalue weighted by atomic mass is 16.8. The van der Waals surface area contributed by atoms with Crippen molar-refractivity contribution < 1.29 is 9.94 Å². The van der Waals surface area contributed by atoms with E-state index in [1.807, 2.05) is 19.9 Å². The van der Waals surface area contributed by atoms with Gasteiger partial charge in [0.05, 0.1) is 7.11 Å². The molecule has 0 bridgehead atoms. The fourth-order valence-corrected chi connectivity index (χ4v) is 1.47. The zero-order valence-electron chi connectivity index (χ0n) is 10.0. The summed E-state index contributed by atoms with van der Waals surface area (Å²) in [5.41, 5.74) is 1.94. The molecule has 0 amide bonds. The standard InChI is InChI=1S/C12H17NO3/c1-5-9(2)11-7-6-10(16-4)8-12(11)13(3,14)15/h5-8,14H,1-4H3/b9-5+. The van der Waals surface area contributed by atoms with Gasteiger partial charge in [0.2, 0.25) is 0 Å². The van der Waals surface area contributed by atoms with Gasteiger partial charge in [-0.05, 0) is 31.6 Å². The average Bonchev–Trinajstić information content (AvgIpc) is 2.26. The SMILES string of the molecule is C/C=C(\C)c1ccc(OC)cc1[N+](C)([O-])O. The molecule has 1 aromatic rings. The number of hydroxylamine groups is 2. The summed E-state index contributed by atoms with van der Waals surface area (Å²) in [6.07, 6.45) is 1.89. The number of ether oxygens (including phenoxy) is 1. The summed E-state index contributed by atoms with van der Waals surface area (Å²) in [5, 5.41) is 21.2. The normalized spacial score (nSPS) is 15.8. The minimum absolute atomic E-state index is 0.273. The number of nitrogens with zero attached hydrogens (tertiary/aromatic N) is 1. The van der Waals surface area contributed by atoms with Gasteiger partial charge in [-0.1, -0.05) is 6.08 Å². The van der Waals surface area contributed by atoms with Crippen LogP contribution < -0.4 is 9.55 Å². The molecule has 0 spiro atoms. The zero-order valence-corrected chi connectivity index (χ0v) is 10.0. The van der Waals surface area contributed by atoms with Crippen LogP contribution in [0.15, 0.2) is 24.3 Å². The predicted molar refractivity (Wildman–Crippen MR) is 65.2 cm³/mol. The van der Waals surface area contributed by atoms with Crippen molar-refractivity contribution in [2.24, 2.45) is 0 Å². The molecular formula is C12H17NO3. The van der Waals surface area contributed by atoms with Crippen LogP contribution in [0.25, 0.3) is 5.57 Å². The van der Waals surface area contributed by atoms with Gasteiger partial charge in [0.15, 0.2) is 5.69 Å². The lowest BCUT2D eigenvalue weighted by Crippen LogP contribution is -2.34. The van der Waals surface area contributed by atoms with Crippen molar-refractivity contribution in [2.75, 3.05) is 14.2 Å². The van der Waals surface area contributed by atoms with E-state index >= 15 is 0 Å². The Balaban J connectivity index is 3.39. The molecule has 0 radical (unpaired) electrons. The first kappa shape index (κ1) is 12.7. The predicted octanol–water partition coefficient (Wildman–Crippen LogP) is 2.94. The first-order valence-electron chi connectivity index (χ1n) is 5.02. The Hall–Kier alpha value is -1.36. The van der Waals surface area contributed by atoms with E-state index in [0.717, 1.165) is 11.1 Å². The molecule has 0 aliphatic rings. The number of hydrogen-bond acceptors (Lipinski definition) is 3. The quantitative estimate of drug-likeness (QED) is 0.633. The molecule has 1 atom stereocenters. The van der Waals surface area contributed by atoms with E-state index in [-0.39, 0.29) is 5.69 Å². The third-order valence-corrected chi connectivity index (χ3v) is 2.51. The van der Waals surface area contributed by atoms with Crippen molar-refractivity contribution in [3.63, 3.8) is 0 Å². The van der Waals surface area contributed by atoms with Gasteiger partial charge in [-0.15, -0.1) is 0 Å². The number of benzene rings is 1. The van der Waals surface area contributed by atoms with Crippen LogP contribution in [0.2, 0.25) is 0 Å². The van der Waals surface area contributed by atoms with Crippen LogP contribution >= 0.6 is 0 Å². The van der Waals surface area contributed by atoms with Crippen molar-refractivity contribution in [3.05, 3.63) is 35.0 Å². The molecule has 16 heavy (non-hydrogen) atoms. The maximum Gasteiger partial charge on any atom is 0.176 e. The monoisotopic (exact) mass is 223 g/mol. The third kappa shape index (κ3) is 2.61. The van der Waals surface area contributed by atoms with Gasteiger partial charge in [-0.3, -0.25) is 0 Å². The van der Waals surface area contributed by atoms with Crippen LogP contribution in [0.4, 0.5) is 5.69 Å². The van der Waals surface area contributed by atoms with Gasteiger partial charge >= 0.3 is 0 Å². The summed E-state index contributed by atoms with van der Waals surface area (Å²) in [4.78, 5) is -1.46. The Bertz CT molecular complexity index is 405. The Kier molecular flexibility index (Phi) is 3.70. The fourth-order valence-electron chi connectivity index (χ4n) is 1.47. The van der Waals surface area contributed by atoms with Crippen LogP contribution in [-0.2, 0) is 0 Å². The van der Waals surface area contributed by atoms with Gasteiger partial charge in [0, 0.05) is 11.6 Å². The number of rotatable bonds is 3. The van der Waals surface area contributed by atoms with E-state index in [4.69, 9.17) is 4.74 Å². The summed E-state index contributed by atoms with van der Waals surface area (Å²) < 4.78 is 5.04. The van der Waals surface area contributed by atoms with Crippen LogP contribution in [0.5, 0.6) is 5.75 Å². The Morgan fingerprint density at radius 2 is 2.12 bits per heavy atom. The highest BCUT2D eigenvalue weighted by Crippen LogP contribution is 2.32. The lowest BCUT2D eigenvalue weighted by Gasteiger charge is -2.30. The smallest absolute Gasteiger partial charge is 0.176 e. The van der Waals surface area contributed by atoms with Crippen molar-refractivity contribution in [2.45, 2.75) is 13.8 Å². The molecule has 0 aromatic heterocycles. The minimum Gasteiger partial charge on any atom is -0.593 e. The molecule has 0 aliphatic carbocycles. The Morgan fingerprint density at radius 1 is 1.50 bits per heavy atom. The van der Waals surface area contributed by atoms with E-state index in [1.165, 1.54) is 14.2 Å². The molecule has 4 heteroatoms. The number of allylic oxidation sites excluding steroid dienone is 2. The fraction of sp³-hybridized carbons (Fsp3) is 0.333. The highest BCUT2D eigenvalue weighted by molar-refractivity contribution is 5.75. The molecule has 0 saturated carbocycles. The van der Waals surface area contributed by atoms with Crippen LogP contribution in [0.3, 0.4) is 0 Å². The van der Waals surface area contributed by atoms with Crippen molar-refractivity contribution in [1.82, 2.24) is 4.81 Å². The van der Waals surface area contributed by atoms with Gasteiger partial charge in [0.1, 0.15) is 12.8 Å². The second kappa shape index (κ2) is 4.65. The summed E-state index contributed by atoms with van der Waals surface area (Å²) in [6, 6.07) is 5.09. The lowest BCUT2D eigenvalue weighted by molar-refractivity contribution is -0.00474. The average molecular weight is 223 g/mol. The maximum absolute atomic E-state index is 11.6. The number of quaternary nitrogens is 1. The largest absolute Gasteiger partial charge is 0.593 e. The second-order valence-electron chi connectivity index (χ2n) is 3.73. The molecule has 1 unspecified atom stereocenters. The molecule has 0 heterocycles. The van der Waals surface area contributed by atoms with Crippen LogP contribution in [0, 0.1) is 5.21 Å². The number of hydrogen-bond donors (Lipinski definition) is 1. The molecule has 1 N–H and O–H groups in total. The molecule has 1 aromatic carbocycles. The highest BCUT2D eigenvalue weighted by Gasteiger charge is 2.18. The van der Waals surface area contributed by atoms with Gasteiger partial charge < -0.3 is 9.94 Å². The molecule has 0 aliphatic heterocycles. The van der Waals surface area contributed by atoms with Crippen LogP contribution in [-0.4, -0.2) is 19.4 Å². The Morgan fingerprint density at radius 3 is 2.56 bits per heavy atom. The first-order chi connectivity index (χ1) is 7.40. The number of methoxy groups -OCH3 is 1. The summed E-state index contributed by atoms with van der Waals surface area (Å²) in [5.74, 6) is 0.553. The molecule has 1 rings (SSSR count). The third-order valence-electron chi connectivity index (χ3n) is 2.51. The summed E-state index contributed by atoms with van der Waals surface area (Å²) in [7, 11) is 2.69. The van der Waals surface area contributed by atoms with E-state index in [1.54, 1.807) is 18.2 Å². The van der Waals surface area contributed by atoms with E-state index in [0.29, 0.717) is 5.75 Å². The molecule has 4 nitrogen and oxygen atoms in total.